The number of hydrogen-bond donors (Lipinski definition) is 0. The lowest BCUT2D eigenvalue weighted by Crippen LogP contribution is -2.10. The van der Waals surface area contributed by atoms with Gasteiger partial charge in [-0.1, -0.05) is 25.3 Å². The Balaban J connectivity index is 1.42. The smallest absolute Gasteiger partial charge is 0.343 e. The van der Waals surface area contributed by atoms with Crippen LogP contribution in [0.4, 0.5) is 0 Å². The van der Waals surface area contributed by atoms with Gasteiger partial charge in [-0.2, -0.15) is 0 Å². The molecule has 0 atom stereocenters. The summed E-state index contributed by atoms with van der Waals surface area (Å²) >= 11 is 0. The number of unbranched alkanes of at least 4 members (excludes halogenated alkanes) is 1. The van der Waals surface area contributed by atoms with Gasteiger partial charge >= 0.3 is 23.9 Å². The van der Waals surface area contributed by atoms with Crippen LogP contribution in [0.15, 0.2) is 98.1 Å². The molecule has 238 valence electrons. The van der Waals surface area contributed by atoms with Gasteiger partial charge in [0, 0.05) is 31.8 Å². The minimum absolute atomic E-state index is 0.0222. The number of Topliss-reactive ketones (excluding diaryl/α,β-unsaturated/α-hetero) is 1. The van der Waals surface area contributed by atoms with Crippen molar-refractivity contribution in [2.45, 2.75) is 44.9 Å². The van der Waals surface area contributed by atoms with E-state index in [9.17, 15) is 28.8 Å². The minimum Gasteiger partial charge on any atom is -0.463 e. The molecule has 3 aromatic carbocycles. The molecule has 0 aliphatic heterocycles. The Morgan fingerprint density at radius 3 is 1.61 bits per heavy atom. The summed E-state index contributed by atoms with van der Waals surface area (Å²) < 4.78 is 20.9. The summed E-state index contributed by atoms with van der Waals surface area (Å²) in [6, 6.07) is 18.3. The zero-order chi connectivity index (χ0) is 33.3. The molecule has 0 heterocycles. The number of carbonyl (C=O) groups excluding carboxylic acids is 6. The molecule has 3 aromatic rings. The Morgan fingerprint density at radius 2 is 1.07 bits per heavy atom. The van der Waals surface area contributed by atoms with Crippen molar-refractivity contribution < 1.29 is 47.7 Å². The number of esters is 4. The second-order valence-corrected chi connectivity index (χ2v) is 10.0. The molecule has 0 bridgehead atoms. The monoisotopic (exact) mass is 626 g/mol. The Kier molecular flexibility index (Phi) is 13.8. The highest BCUT2D eigenvalue weighted by molar-refractivity contribution is 5.92. The van der Waals surface area contributed by atoms with Crippen LogP contribution in [-0.2, 0) is 30.3 Å². The van der Waals surface area contributed by atoms with Crippen LogP contribution in [-0.4, -0.2) is 42.1 Å². The predicted octanol–water partition coefficient (Wildman–Crippen LogP) is 5.97. The van der Waals surface area contributed by atoms with Crippen LogP contribution >= 0.6 is 0 Å². The highest BCUT2D eigenvalue weighted by Crippen LogP contribution is 2.21. The molecule has 0 amide bonds. The fraction of sp³-hybridized carbons (Fsp3) is 0.222. The van der Waals surface area contributed by atoms with E-state index >= 15 is 0 Å². The van der Waals surface area contributed by atoms with Crippen molar-refractivity contribution in [3.05, 3.63) is 115 Å². The Labute approximate surface area is 266 Å². The third-order valence-corrected chi connectivity index (χ3v) is 6.45. The molecule has 3 rings (SSSR count). The second kappa shape index (κ2) is 18.2. The third kappa shape index (κ3) is 12.2. The van der Waals surface area contributed by atoms with Crippen LogP contribution in [0.2, 0.25) is 0 Å². The summed E-state index contributed by atoms with van der Waals surface area (Å²) in [7, 11) is 0. The van der Waals surface area contributed by atoms with E-state index in [0.717, 1.165) is 11.6 Å². The lowest BCUT2D eigenvalue weighted by Gasteiger charge is -2.08. The van der Waals surface area contributed by atoms with Crippen molar-refractivity contribution in [3.8, 4) is 17.2 Å². The summed E-state index contributed by atoms with van der Waals surface area (Å²) in [5.41, 5.74) is 1.26. The Hall–Kier alpha value is -5.64. The first-order valence-corrected chi connectivity index (χ1v) is 14.6. The number of rotatable bonds is 18. The third-order valence-electron chi connectivity index (χ3n) is 6.45. The molecular formula is C36H34O10. The topological polar surface area (TPSA) is 139 Å². The number of ketones is 2. The van der Waals surface area contributed by atoms with E-state index < -0.39 is 23.9 Å². The van der Waals surface area contributed by atoms with Gasteiger partial charge in [-0.25, -0.2) is 14.4 Å². The van der Waals surface area contributed by atoms with Gasteiger partial charge in [-0.05, 0) is 91.6 Å². The van der Waals surface area contributed by atoms with Gasteiger partial charge in [0.15, 0.2) is 5.78 Å². The Morgan fingerprint density at radius 1 is 0.565 bits per heavy atom. The van der Waals surface area contributed by atoms with Crippen LogP contribution in [0.3, 0.4) is 0 Å². The van der Waals surface area contributed by atoms with Gasteiger partial charge in [0.1, 0.15) is 23.0 Å². The van der Waals surface area contributed by atoms with Gasteiger partial charge in [0.25, 0.3) is 0 Å². The SMILES string of the molecule is C=CC(=O)CCCCC(=O)Oc1ccc(C(=O)Oc2ccc(OC(=O)c3ccc(CC(=O)CCCOC(=O)C=C)cc3)cc2)cc1. The van der Waals surface area contributed by atoms with Crippen molar-refractivity contribution in [2.24, 2.45) is 0 Å². The van der Waals surface area contributed by atoms with Crippen molar-refractivity contribution in [1.29, 1.82) is 0 Å². The quantitative estimate of drug-likeness (QED) is 0.0718. The van der Waals surface area contributed by atoms with Gasteiger partial charge in [0.05, 0.1) is 17.7 Å². The number of benzene rings is 3. The first kappa shape index (κ1) is 34.8. The summed E-state index contributed by atoms with van der Waals surface area (Å²) in [5, 5.41) is 0. The molecule has 0 aromatic heterocycles. The van der Waals surface area contributed by atoms with Crippen LogP contribution in [0, 0.1) is 0 Å². The molecule has 10 heteroatoms. The van der Waals surface area contributed by atoms with E-state index in [0.29, 0.717) is 25.7 Å². The first-order chi connectivity index (χ1) is 22.2. The maximum atomic E-state index is 12.6. The van der Waals surface area contributed by atoms with Gasteiger partial charge in [-0.15, -0.1) is 0 Å². The largest absolute Gasteiger partial charge is 0.463 e. The van der Waals surface area contributed by atoms with E-state index in [1.165, 1.54) is 54.6 Å². The van der Waals surface area contributed by atoms with Gasteiger partial charge in [-0.3, -0.25) is 14.4 Å². The normalized spacial score (nSPS) is 10.3. The van der Waals surface area contributed by atoms with E-state index in [2.05, 4.69) is 13.2 Å². The maximum absolute atomic E-state index is 12.6. The minimum atomic E-state index is -0.635. The van der Waals surface area contributed by atoms with Crippen molar-refractivity contribution in [2.75, 3.05) is 6.61 Å². The Bertz CT molecular complexity index is 1430. The van der Waals surface area contributed by atoms with Crippen LogP contribution in [0.25, 0.3) is 0 Å². The van der Waals surface area contributed by atoms with Gasteiger partial charge < -0.3 is 18.9 Å². The lowest BCUT2D eigenvalue weighted by atomic mass is 10.0. The average Bonchev–Trinajstić information content (AvgIpc) is 3.06. The molecule has 0 aliphatic carbocycles. The predicted molar refractivity (Wildman–Crippen MR) is 168 cm³/mol. The summed E-state index contributed by atoms with van der Waals surface area (Å²) in [4.78, 5) is 71.5. The fourth-order valence-corrected chi connectivity index (χ4v) is 4.00. The van der Waals surface area contributed by atoms with Crippen molar-refractivity contribution in [1.82, 2.24) is 0 Å². The fourth-order valence-electron chi connectivity index (χ4n) is 4.00. The van der Waals surface area contributed by atoms with Crippen molar-refractivity contribution >= 4 is 35.4 Å². The molecule has 0 unspecified atom stereocenters. The van der Waals surface area contributed by atoms with E-state index in [-0.39, 0.29) is 65.8 Å². The number of carbonyl (C=O) groups is 6. The number of ether oxygens (including phenoxy) is 4. The molecule has 10 nitrogen and oxygen atoms in total. The first-order valence-electron chi connectivity index (χ1n) is 14.6. The molecule has 46 heavy (non-hydrogen) atoms. The van der Waals surface area contributed by atoms with Crippen LogP contribution in [0.5, 0.6) is 17.2 Å². The summed E-state index contributed by atoms with van der Waals surface area (Å²) in [6.07, 6.45) is 4.75. The van der Waals surface area contributed by atoms with E-state index in [1.807, 2.05) is 0 Å². The molecule has 0 N–H and O–H groups in total. The number of hydrogen-bond acceptors (Lipinski definition) is 10. The van der Waals surface area contributed by atoms with Crippen LogP contribution < -0.4 is 14.2 Å². The average molecular weight is 627 g/mol. The van der Waals surface area contributed by atoms with E-state index in [4.69, 9.17) is 18.9 Å². The number of allylic oxidation sites excluding steroid dienone is 1. The van der Waals surface area contributed by atoms with Gasteiger partial charge in [0.2, 0.25) is 0 Å². The standard InChI is InChI=1S/C36H34O10/c1-3-28(37)8-5-6-10-34(40)44-30-17-15-27(16-18-30)36(42)46-32-21-19-31(20-22-32)45-35(41)26-13-11-25(12-14-26)24-29(38)9-7-23-43-33(39)4-2/h3-4,11-22H,1-2,5-10,23-24H2. The molecular weight excluding hydrogens is 592 g/mol. The molecule has 0 radical (unpaired) electrons. The summed E-state index contributed by atoms with van der Waals surface area (Å²) in [5.74, 6) is -1.56. The summed E-state index contributed by atoms with van der Waals surface area (Å²) in [6.45, 7) is 6.86. The molecule has 0 saturated carbocycles. The maximum Gasteiger partial charge on any atom is 0.343 e. The zero-order valence-corrected chi connectivity index (χ0v) is 25.2. The lowest BCUT2D eigenvalue weighted by molar-refractivity contribution is -0.138. The van der Waals surface area contributed by atoms with E-state index in [1.54, 1.807) is 24.3 Å². The molecule has 0 aliphatic rings. The molecule has 0 fully saturated rings. The highest BCUT2D eigenvalue weighted by Gasteiger charge is 2.13. The van der Waals surface area contributed by atoms with Crippen molar-refractivity contribution in [3.63, 3.8) is 0 Å². The molecule has 0 saturated heterocycles. The second-order valence-electron chi connectivity index (χ2n) is 10.0. The van der Waals surface area contributed by atoms with Crippen LogP contribution in [0.1, 0.15) is 64.8 Å². The highest BCUT2D eigenvalue weighted by atomic mass is 16.5. The molecule has 0 spiro atoms. The zero-order valence-electron chi connectivity index (χ0n) is 25.2.